The van der Waals surface area contributed by atoms with Crippen molar-refractivity contribution in [1.82, 2.24) is 5.32 Å². The second-order valence-corrected chi connectivity index (χ2v) is 8.94. The van der Waals surface area contributed by atoms with Crippen LogP contribution in [0, 0.1) is 0 Å². The Morgan fingerprint density at radius 3 is 2.04 bits per heavy atom. The summed E-state index contributed by atoms with van der Waals surface area (Å²) in [4.78, 5) is 0. The van der Waals surface area contributed by atoms with Crippen LogP contribution in [0.25, 0.3) is 0 Å². The molecule has 0 aromatic heterocycles. The quantitative estimate of drug-likeness (QED) is 0.436. The maximum atomic E-state index is 12.6. The highest BCUT2D eigenvalue weighted by atomic mass is 31.2. The minimum Gasteiger partial charge on any atom is -0.313 e. The molecule has 0 aliphatic heterocycles. The number of rotatable bonds is 12. The SMILES string of the molecule is COP(=O)(OC)OC(CNCCc1ccccc1)P(=O)(OC)OC. The number of benzene rings is 1. The summed E-state index contributed by atoms with van der Waals surface area (Å²) >= 11 is 0. The van der Waals surface area contributed by atoms with Gasteiger partial charge in [-0.15, -0.1) is 0 Å². The van der Waals surface area contributed by atoms with E-state index in [0.29, 0.717) is 6.54 Å². The van der Waals surface area contributed by atoms with E-state index in [1.165, 1.54) is 28.4 Å². The third kappa shape index (κ3) is 6.39. The summed E-state index contributed by atoms with van der Waals surface area (Å²) in [5.41, 5.74) is 1.16. The van der Waals surface area contributed by atoms with Crippen molar-refractivity contribution in [2.45, 2.75) is 12.3 Å². The Kier molecular flexibility index (Phi) is 9.34. The molecule has 0 heterocycles. The zero-order valence-electron chi connectivity index (χ0n) is 14.3. The molecule has 1 atom stereocenters. The Labute approximate surface area is 142 Å². The first-order chi connectivity index (χ1) is 11.4. The van der Waals surface area contributed by atoms with E-state index < -0.39 is 21.3 Å². The van der Waals surface area contributed by atoms with Gasteiger partial charge in [0.15, 0.2) is 5.85 Å². The first-order valence-corrected chi connectivity index (χ1v) is 10.4. The maximum absolute atomic E-state index is 12.6. The van der Waals surface area contributed by atoms with E-state index >= 15 is 0 Å². The van der Waals surface area contributed by atoms with Crippen molar-refractivity contribution in [3.05, 3.63) is 35.9 Å². The van der Waals surface area contributed by atoms with Crippen LogP contribution in [0.2, 0.25) is 0 Å². The second-order valence-electron chi connectivity index (χ2n) is 4.72. The topological polar surface area (TPSA) is 92.3 Å². The van der Waals surface area contributed by atoms with E-state index in [1.54, 1.807) is 0 Å². The summed E-state index contributed by atoms with van der Waals surface area (Å²) < 4.78 is 49.3. The maximum Gasteiger partial charge on any atom is 0.475 e. The van der Waals surface area contributed by atoms with Crippen molar-refractivity contribution in [2.75, 3.05) is 41.5 Å². The summed E-state index contributed by atoms with van der Waals surface area (Å²) in [6.07, 6.45) is 0.768. The van der Waals surface area contributed by atoms with Crippen LogP contribution in [0.1, 0.15) is 5.56 Å². The Bertz CT molecular complexity index is 554. The number of phosphoric acid groups is 1. The van der Waals surface area contributed by atoms with Crippen molar-refractivity contribution in [1.29, 1.82) is 0 Å². The van der Waals surface area contributed by atoms with E-state index in [1.807, 2.05) is 30.3 Å². The molecule has 0 fully saturated rings. The van der Waals surface area contributed by atoms with Crippen LogP contribution in [0.5, 0.6) is 0 Å². The van der Waals surface area contributed by atoms with E-state index in [4.69, 9.17) is 22.6 Å². The minimum atomic E-state index is -3.84. The van der Waals surface area contributed by atoms with Gasteiger partial charge in [-0.2, -0.15) is 0 Å². The zero-order chi connectivity index (χ0) is 18.1. The van der Waals surface area contributed by atoms with E-state index in [2.05, 4.69) is 5.32 Å². The average molecular weight is 381 g/mol. The Hall–Kier alpha value is -0.560. The third-order valence-electron chi connectivity index (χ3n) is 3.31. The van der Waals surface area contributed by atoms with Gasteiger partial charge in [0.2, 0.25) is 0 Å². The fraction of sp³-hybridized carbons (Fsp3) is 0.571. The monoisotopic (exact) mass is 381 g/mol. The molecule has 0 amide bonds. The molecule has 1 rings (SSSR count). The van der Waals surface area contributed by atoms with Crippen LogP contribution in [0.4, 0.5) is 0 Å². The van der Waals surface area contributed by atoms with Gasteiger partial charge in [-0.3, -0.25) is 18.1 Å². The predicted octanol–water partition coefficient (Wildman–Crippen LogP) is 3.05. The summed E-state index contributed by atoms with van der Waals surface area (Å²) in [6.45, 7) is 0.685. The van der Waals surface area contributed by atoms with E-state index in [9.17, 15) is 9.13 Å². The Balaban J connectivity index is 2.68. The summed E-state index contributed by atoms with van der Waals surface area (Å²) in [5.74, 6) is -1.14. The molecule has 8 nitrogen and oxygen atoms in total. The lowest BCUT2D eigenvalue weighted by Crippen LogP contribution is -2.31. The molecule has 0 radical (unpaired) electrons. The van der Waals surface area contributed by atoms with Crippen LogP contribution >= 0.6 is 15.4 Å². The molecule has 0 saturated carbocycles. The number of nitrogens with one attached hydrogen (secondary N) is 1. The van der Waals surface area contributed by atoms with Gasteiger partial charge < -0.3 is 14.4 Å². The highest BCUT2D eigenvalue weighted by molar-refractivity contribution is 7.55. The van der Waals surface area contributed by atoms with Gasteiger partial charge in [0.1, 0.15) is 0 Å². The van der Waals surface area contributed by atoms with Crippen molar-refractivity contribution in [3.8, 4) is 0 Å². The molecule has 1 aromatic rings. The molecule has 24 heavy (non-hydrogen) atoms. The van der Waals surface area contributed by atoms with Gasteiger partial charge >= 0.3 is 15.4 Å². The largest absolute Gasteiger partial charge is 0.475 e. The van der Waals surface area contributed by atoms with Crippen LogP contribution in [-0.4, -0.2) is 47.4 Å². The zero-order valence-corrected chi connectivity index (χ0v) is 16.1. The van der Waals surface area contributed by atoms with Crippen molar-refractivity contribution < 1.29 is 31.7 Å². The van der Waals surface area contributed by atoms with Gasteiger partial charge in [0.25, 0.3) is 0 Å². The lowest BCUT2D eigenvalue weighted by atomic mass is 10.1. The highest BCUT2D eigenvalue weighted by Crippen LogP contribution is 2.59. The second kappa shape index (κ2) is 10.4. The fourth-order valence-corrected chi connectivity index (χ4v) is 4.40. The average Bonchev–Trinajstić information content (AvgIpc) is 2.64. The van der Waals surface area contributed by atoms with Gasteiger partial charge in [-0.05, 0) is 18.5 Å². The van der Waals surface area contributed by atoms with E-state index in [0.717, 1.165) is 12.0 Å². The Morgan fingerprint density at radius 2 is 1.54 bits per heavy atom. The minimum absolute atomic E-state index is 0.0858. The molecule has 138 valence electrons. The van der Waals surface area contributed by atoms with Gasteiger partial charge in [0.05, 0.1) is 0 Å². The molecule has 1 N–H and O–H groups in total. The molecule has 0 spiro atoms. The molecule has 0 saturated heterocycles. The molecule has 1 aromatic carbocycles. The van der Waals surface area contributed by atoms with Gasteiger partial charge in [0, 0.05) is 35.0 Å². The number of hydrogen-bond acceptors (Lipinski definition) is 8. The van der Waals surface area contributed by atoms with Crippen molar-refractivity contribution in [3.63, 3.8) is 0 Å². The fourth-order valence-electron chi connectivity index (χ4n) is 1.93. The summed E-state index contributed by atoms with van der Waals surface area (Å²) in [7, 11) is -2.67. The van der Waals surface area contributed by atoms with Crippen LogP contribution in [-0.2, 0) is 38.2 Å². The smallest absolute Gasteiger partial charge is 0.313 e. The molecular formula is C14H25NO7P2. The lowest BCUT2D eigenvalue weighted by Gasteiger charge is -2.26. The third-order valence-corrected chi connectivity index (χ3v) is 6.90. The summed E-state index contributed by atoms with van der Waals surface area (Å²) in [5, 5.41) is 3.09. The van der Waals surface area contributed by atoms with E-state index in [-0.39, 0.29) is 6.54 Å². The molecule has 0 aliphatic rings. The first-order valence-electron chi connectivity index (χ1n) is 7.28. The van der Waals surface area contributed by atoms with Crippen molar-refractivity contribution >= 4 is 15.4 Å². The highest BCUT2D eigenvalue weighted by Gasteiger charge is 2.41. The van der Waals surface area contributed by atoms with Crippen molar-refractivity contribution in [2.24, 2.45) is 0 Å². The Morgan fingerprint density at radius 1 is 0.958 bits per heavy atom. The van der Waals surface area contributed by atoms with Crippen LogP contribution < -0.4 is 5.32 Å². The lowest BCUT2D eigenvalue weighted by molar-refractivity contribution is 0.115. The molecule has 1 unspecified atom stereocenters. The number of phosphoric ester groups is 1. The van der Waals surface area contributed by atoms with Crippen LogP contribution in [0.15, 0.2) is 30.3 Å². The van der Waals surface area contributed by atoms with Gasteiger partial charge in [-0.1, -0.05) is 30.3 Å². The molecule has 10 heteroatoms. The van der Waals surface area contributed by atoms with Gasteiger partial charge in [-0.25, -0.2) is 4.57 Å². The normalized spacial score (nSPS) is 13.8. The molecule has 0 aliphatic carbocycles. The summed E-state index contributed by atoms with van der Waals surface area (Å²) in [6, 6.07) is 9.88. The standard InChI is InChI=1S/C14H25NO7P2/c1-18-23(16,19-2)14(22-24(17,20-3)21-4)12-15-11-10-13-8-6-5-7-9-13/h5-9,14-15H,10-12H2,1-4H3. The first kappa shape index (κ1) is 21.5. The van der Waals surface area contributed by atoms with Crippen LogP contribution in [0.3, 0.4) is 0 Å². The molecular weight excluding hydrogens is 356 g/mol. The predicted molar refractivity (Wildman–Crippen MR) is 91.1 cm³/mol. The molecule has 0 bridgehead atoms. The number of hydrogen-bond donors (Lipinski definition) is 1.